The summed E-state index contributed by atoms with van der Waals surface area (Å²) < 4.78 is 0. The number of rotatable bonds is 1. The highest BCUT2D eigenvalue weighted by molar-refractivity contribution is 7.13. The van der Waals surface area contributed by atoms with Crippen LogP contribution in [0.2, 0.25) is 5.15 Å². The van der Waals surface area contributed by atoms with Gasteiger partial charge >= 0.3 is 0 Å². The first-order chi connectivity index (χ1) is 7.83. The maximum atomic E-state index is 5.82. The Morgan fingerprint density at radius 1 is 1.19 bits per heavy atom. The number of thiazole rings is 1. The Morgan fingerprint density at radius 2 is 2.12 bits per heavy atom. The second kappa shape index (κ2) is 3.85. The average Bonchev–Trinajstić information content (AvgIpc) is 2.75. The normalized spacial score (nSPS) is 10.8. The molecule has 2 aromatic heterocycles. The van der Waals surface area contributed by atoms with E-state index in [1.807, 2.05) is 29.6 Å². The highest BCUT2D eigenvalue weighted by atomic mass is 35.5. The summed E-state index contributed by atoms with van der Waals surface area (Å²) in [6, 6.07) is 10.1. The Bertz CT molecular complexity index is 648. The first kappa shape index (κ1) is 9.75. The smallest absolute Gasteiger partial charge is 0.140 e. The van der Waals surface area contributed by atoms with Gasteiger partial charge in [-0.1, -0.05) is 17.7 Å². The van der Waals surface area contributed by atoms with E-state index in [9.17, 15) is 0 Å². The van der Waals surface area contributed by atoms with Crippen LogP contribution in [0.3, 0.4) is 0 Å². The maximum Gasteiger partial charge on any atom is 0.140 e. The molecule has 0 atom stereocenters. The molecule has 0 aliphatic rings. The van der Waals surface area contributed by atoms with Crippen molar-refractivity contribution in [2.75, 3.05) is 0 Å². The van der Waals surface area contributed by atoms with Crippen molar-refractivity contribution < 1.29 is 0 Å². The van der Waals surface area contributed by atoms with E-state index in [1.54, 1.807) is 17.5 Å². The second-order valence-electron chi connectivity index (χ2n) is 3.39. The lowest BCUT2D eigenvalue weighted by Gasteiger charge is -1.99. The van der Waals surface area contributed by atoms with Crippen LogP contribution in [0, 0.1) is 0 Å². The SMILES string of the molecule is Clc1csc(-c2ccc3ncccc3c2)n1. The van der Waals surface area contributed by atoms with Gasteiger partial charge in [-0.25, -0.2) is 4.98 Å². The largest absolute Gasteiger partial charge is 0.256 e. The summed E-state index contributed by atoms with van der Waals surface area (Å²) in [6.45, 7) is 0. The molecule has 4 heteroatoms. The van der Waals surface area contributed by atoms with E-state index >= 15 is 0 Å². The summed E-state index contributed by atoms with van der Waals surface area (Å²) >= 11 is 7.36. The highest BCUT2D eigenvalue weighted by Crippen LogP contribution is 2.27. The standard InChI is InChI=1S/C12H7ClN2S/c13-11-7-16-12(15-11)9-3-4-10-8(6-9)2-1-5-14-10/h1-7H. The van der Waals surface area contributed by atoms with Crippen LogP contribution in [-0.2, 0) is 0 Å². The Balaban J connectivity index is 2.18. The topological polar surface area (TPSA) is 25.8 Å². The molecule has 0 radical (unpaired) electrons. The van der Waals surface area contributed by atoms with Crippen LogP contribution in [-0.4, -0.2) is 9.97 Å². The summed E-state index contributed by atoms with van der Waals surface area (Å²) in [7, 11) is 0. The lowest BCUT2D eigenvalue weighted by Crippen LogP contribution is -1.80. The van der Waals surface area contributed by atoms with E-state index in [-0.39, 0.29) is 0 Å². The number of benzene rings is 1. The van der Waals surface area contributed by atoms with Crippen molar-refractivity contribution in [3.63, 3.8) is 0 Å². The Hall–Kier alpha value is -1.45. The summed E-state index contributed by atoms with van der Waals surface area (Å²) in [6.07, 6.45) is 1.79. The molecular formula is C12H7ClN2S. The van der Waals surface area contributed by atoms with E-state index in [0.29, 0.717) is 5.15 Å². The predicted octanol–water partition coefficient (Wildman–Crippen LogP) is 4.01. The quantitative estimate of drug-likeness (QED) is 0.648. The van der Waals surface area contributed by atoms with Crippen molar-refractivity contribution in [1.29, 1.82) is 0 Å². The Labute approximate surface area is 102 Å². The van der Waals surface area contributed by atoms with Gasteiger partial charge in [-0.3, -0.25) is 4.98 Å². The van der Waals surface area contributed by atoms with Gasteiger partial charge in [0.25, 0.3) is 0 Å². The number of hydrogen-bond donors (Lipinski definition) is 0. The van der Waals surface area contributed by atoms with Crippen molar-refractivity contribution in [3.8, 4) is 10.6 Å². The number of halogens is 1. The molecule has 0 aliphatic heterocycles. The van der Waals surface area contributed by atoms with Gasteiger partial charge in [0.05, 0.1) is 5.52 Å². The van der Waals surface area contributed by atoms with E-state index < -0.39 is 0 Å². The fourth-order valence-electron chi connectivity index (χ4n) is 1.60. The predicted molar refractivity (Wildman–Crippen MR) is 67.9 cm³/mol. The van der Waals surface area contributed by atoms with Crippen LogP contribution in [0.15, 0.2) is 41.9 Å². The minimum Gasteiger partial charge on any atom is -0.256 e. The van der Waals surface area contributed by atoms with Gasteiger partial charge in [-0.2, -0.15) is 0 Å². The number of aromatic nitrogens is 2. The lowest BCUT2D eigenvalue weighted by molar-refractivity contribution is 1.40. The molecule has 0 saturated heterocycles. The molecular weight excluding hydrogens is 240 g/mol. The molecule has 2 heterocycles. The number of fused-ring (bicyclic) bond motifs is 1. The van der Waals surface area contributed by atoms with Crippen molar-refractivity contribution in [2.24, 2.45) is 0 Å². The van der Waals surface area contributed by atoms with Crippen LogP contribution in [0.4, 0.5) is 0 Å². The first-order valence-electron chi connectivity index (χ1n) is 4.79. The third-order valence-corrected chi connectivity index (χ3v) is 3.54. The van der Waals surface area contributed by atoms with Gasteiger partial charge in [-0.15, -0.1) is 11.3 Å². The van der Waals surface area contributed by atoms with E-state index in [1.165, 1.54) is 0 Å². The maximum absolute atomic E-state index is 5.82. The second-order valence-corrected chi connectivity index (χ2v) is 4.63. The number of nitrogens with zero attached hydrogens (tertiary/aromatic N) is 2. The van der Waals surface area contributed by atoms with Gasteiger partial charge in [0.2, 0.25) is 0 Å². The average molecular weight is 247 g/mol. The molecule has 0 amide bonds. The minimum atomic E-state index is 0.547. The van der Waals surface area contributed by atoms with E-state index in [2.05, 4.69) is 16.0 Å². The third-order valence-electron chi connectivity index (χ3n) is 2.33. The molecule has 0 fully saturated rings. The summed E-state index contributed by atoms with van der Waals surface area (Å²) in [4.78, 5) is 8.53. The van der Waals surface area contributed by atoms with Crippen LogP contribution in [0.1, 0.15) is 0 Å². The van der Waals surface area contributed by atoms with Gasteiger partial charge < -0.3 is 0 Å². The van der Waals surface area contributed by atoms with Crippen LogP contribution in [0.25, 0.3) is 21.5 Å². The number of hydrogen-bond acceptors (Lipinski definition) is 3. The fourth-order valence-corrected chi connectivity index (χ4v) is 2.54. The molecule has 2 nitrogen and oxygen atoms in total. The molecule has 78 valence electrons. The summed E-state index contributed by atoms with van der Waals surface area (Å²) in [5.74, 6) is 0. The fraction of sp³-hybridized carbons (Fsp3) is 0. The van der Waals surface area contributed by atoms with Gasteiger partial charge in [-0.05, 0) is 24.3 Å². The molecule has 0 N–H and O–H groups in total. The van der Waals surface area contributed by atoms with Gasteiger partial charge in [0.15, 0.2) is 0 Å². The molecule has 0 unspecified atom stereocenters. The van der Waals surface area contributed by atoms with Crippen molar-refractivity contribution in [2.45, 2.75) is 0 Å². The van der Waals surface area contributed by atoms with Crippen molar-refractivity contribution >= 4 is 33.8 Å². The number of pyridine rings is 1. The van der Waals surface area contributed by atoms with Crippen molar-refractivity contribution in [3.05, 3.63) is 47.1 Å². The highest BCUT2D eigenvalue weighted by Gasteiger charge is 2.04. The van der Waals surface area contributed by atoms with Crippen molar-refractivity contribution in [1.82, 2.24) is 9.97 Å². The molecule has 1 aromatic carbocycles. The van der Waals surface area contributed by atoms with E-state index in [0.717, 1.165) is 21.5 Å². The molecule has 0 aliphatic carbocycles. The van der Waals surface area contributed by atoms with Crippen LogP contribution >= 0.6 is 22.9 Å². The zero-order valence-electron chi connectivity index (χ0n) is 8.22. The molecule has 0 spiro atoms. The van der Waals surface area contributed by atoms with Crippen LogP contribution < -0.4 is 0 Å². The lowest BCUT2D eigenvalue weighted by atomic mass is 10.1. The zero-order valence-corrected chi connectivity index (χ0v) is 9.79. The summed E-state index contributed by atoms with van der Waals surface area (Å²) in [5.41, 5.74) is 2.08. The molecule has 3 rings (SSSR count). The van der Waals surface area contributed by atoms with Gasteiger partial charge in [0, 0.05) is 22.5 Å². The van der Waals surface area contributed by atoms with E-state index in [4.69, 9.17) is 11.6 Å². The monoisotopic (exact) mass is 246 g/mol. The Morgan fingerprint density at radius 3 is 2.94 bits per heavy atom. The minimum absolute atomic E-state index is 0.547. The molecule has 0 saturated carbocycles. The molecule has 3 aromatic rings. The summed E-state index contributed by atoms with van der Waals surface area (Å²) in [5, 5.41) is 4.44. The first-order valence-corrected chi connectivity index (χ1v) is 6.05. The molecule has 0 bridgehead atoms. The van der Waals surface area contributed by atoms with Gasteiger partial charge in [0.1, 0.15) is 10.2 Å². The van der Waals surface area contributed by atoms with Crippen LogP contribution in [0.5, 0.6) is 0 Å². The Kier molecular flexibility index (Phi) is 2.35. The molecule has 16 heavy (non-hydrogen) atoms. The zero-order chi connectivity index (χ0) is 11.0. The third kappa shape index (κ3) is 1.68.